The molecule has 4 heterocycles. The normalized spacial score (nSPS) is 16.4. The third-order valence-corrected chi connectivity index (χ3v) is 8.06. The van der Waals surface area contributed by atoms with Crippen LogP contribution in [0.3, 0.4) is 0 Å². The first-order valence-electron chi connectivity index (χ1n) is 9.56. The van der Waals surface area contributed by atoms with Gasteiger partial charge in [0.25, 0.3) is 16.7 Å². The minimum atomic E-state index is -0.161. The van der Waals surface area contributed by atoms with Gasteiger partial charge in [-0.25, -0.2) is 4.98 Å². The van der Waals surface area contributed by atoms with Crippen molar-refractivity contribution in [2.24, 2.45) is 5.92 Å². The largest absolute Gasteiger partial charge is 0.410 e. The molecule has 0 saturated carbocycles. The van der Waals surface area contributed by atoms with Crippen LogP contribution in [0.1, 0.15) is 41.4 Å². The average molecular weight is 446 g/mol. The van der Waals surface area contributed by atoms with Crippen molar-refractivity contribution in [2.75, 3.05) is 0 Å². The van der Waals surface area contributed by atoms with Crippen LogP contribution in [0.2, 0.25) is 0 Å². The number of thiophene rings is 1. The maximum atomic E-state index is 12.3. The topological polar surface area (TPSA) is 86.2 Å². The molecule has 5 rings (SSSR count). The van der Waals surface area contributed by atoms with Gasteiger partial charge in [0.15, 0.2) is 0 Å². The first-order valence-corrected chi connectivity index (χ1v) is 12.2. The fourth-order valence-electron chi connectivity index (χ4n) is 3.43. The summed E-state index contributed by atoms with van der Waals surface area (Å²) >= 11 is 4.59. The van der Waals surface area contributed by atoms with Gasteiger partial charge in [0.1, 0.15) is 5.01 Å². The molecule has 0 spiro atoms. The molecule has 0 saturated heterocycles. The lowest BCUT2D eigenvalue weighted by Crippen LogP contribution is -2.15. The molecule has 0 aliphatic heterocycles. The maximum Gasteiger partial charge on any atom is 0.277 e. The Balaban J connectivity index is 1.32. The van der Waals surface area contributed by atoms with Gasteiger partial charge in [-0.1, -0.05) is 36.9 Å². The molecule has 0 radical (unpaired) electrons. The van der Waals surface area contributed by atoms with E-state index in [1.165, 1.54) is 50.5 Å². The van der Waals surface area contributed by atoms with Crippen molar-refractivity contribution >= 4 is 39.4 Å². The van der Waals surface area contributed by atoms with Crippen molar-refractivity contribution < 1.29 is 4.42 Å². The van der Waals surface area contributed by atoms with E-state index in [4.69, 9.17) is 4.42 Å². The Labute approximate surface area is 179 Å². The monoisotopic (exact) mass is 445 g/mol. The first kappa shape index (κ1) is 19.0. The van der Waals surface area contributed by atoms with Crippen LogP contribution in [0.5, 0.6) is 0 Å². The highest BCUT2D eigenvalue weighted by atomic mass is 32.2. The van der Waals surface area contributed by atoms with Gasteiger partial charge in [-0.05, 0) is 43.2 Å². The van der Waals surface area contributed by atoms with Crippen molar-refractivity contribution in [3.63, 3.8) is 0 Å². The summed E-state index contributed by atoms with van der Waals surface area (Å²) < 4.78 is 7.23. The molecule has 0 aromatic carbocycles. The second-order valence-electron chi connectivity index (χ2n) is 7.20. The average Bonchev–Trinajstić information content (AvgIpc) is 3.43. The Hall–Kier alpha value is -2.04. The lowest BCUT2D eigenvalue weighted by molar-refractivity contribution is 0.466. The molecule has 0 bridgehead atoms. The number of nitrogens with zero attached hydrogens (tertiary/aromatic N) is 5. The van der Waals surface area contributed by atoms with Gasteiger partial charge in [-0.3, -0.25) is 4.79 Å². The van der Waals surface area contributed by atoms with E-state index >= 15 is 0 Å². The molecule has 150 valence electrons. The van der Waals surface area contributed by atoms with E-state index in [9.17, 15) is 4.79 Å². The van der Waals surface area contributed by atoms with Crippen molar-refractivity contribution in [1.82, 2.24) is 24.8 Å². The predicted octanol–water partition coefficient (Wildman–Crippen LogP) is 4.24. The summed E-state index contributed by atoms with van der Waals surface area (Å²) in [6.07, 6.45) is 4.29. The molecule has 7 nitrogen and oxygen atoms in total. The summed E-state index contributed by atoms with van der Waals surface area (Å²) in [7, 11) is 0. The van der Waals surface area contributed by atoms with E-state index in [1.807, 2.05) is 6.92 Å². The standard InChI is InChI=1S/C19H19N5O2S3/c1-3-15-23-24-16(25)8-12(20-18(24)29-15)9-27-19-22-21-17(26-19)14-7-11-6-10(2)4-5-13(11)28-14/h7-8,10H,3-6,9H2,1-2H3/t10-/m0/s1. The molecule has 0 fully saturated rings. The second kappa shape index (κ2) is 7.66. The number of fused-ring (bicyclic) bond motifs is 2. The molecule has 0 N–H and O–H groups in total. The molecule has 1 aliphatic rings. The smallest absolute Gasteiger partial charge is 0.277 e. The molecule has 4 aromatic heterocycles. The van der Waals surface area contributed by atoms with Crippen LogP contribution >= 0.6 is 34.4 Å². The molecule has 1 aliphatic carbocycles. The second-order valence-corrected chi connectivity index (χ2v) is 10.3. The highest BCUT2D eigenvalue weighted by Gasteiger charge is 2.21. The molecule has 4 aromatic rings. The summed E-state index contributed by atoms with van der Waals surface area (Å²) in [4.78, 5) is 19.9. The molecule has 1 atom stereocenters. The highest BCUT2D eigenvalue weighted by Crippen LogP contribution is 2.37. The molecular weight excluding hydrogens is 426 g/mol. The highest BCUT2D eigenvalue weighted by molar-refractivity contribution is 7.98. The van der Waals surface area contributed by atoms with Crippen LogP contribution < -0.4 is 5.56 Å². The summed E-state index contributed by atoms with van der Waals surface area (Å²) in [5.74, 6) is 1.79. The summed E-state index contributed by atoms with van der Waals surface area (Å²) in [5.41, 5.74) is 1.95. The van der Waals surface area contributed by atoms with Gasteiger partial charge in [-0.15, -0.1) is 21.5 Å². The van der Waals surface area contributed by atoms with Gasteiger partial charge >= 0.3 is 0 Å². The molecule has 0 unspecified atom stereocenters. The van der Waals surface area contributed by atoms with E-state index < -0.39 is 0 Å². The van der Waals surface area contributed by atoms with E-state index in [2.05, 4.69) is 33.3 Å². The quantitative estimate of drug-likeness (QED) is 0.425. The third kappa shape index (κ3) is 3.76. The summed E-state index contributed by atoms with van der Waals surface area (Å²) in [6.45, 7) is 4.31. The van der Waals surface area contributed by atoms with E-state index in [0.717, 1.165) is 35.1 Å². The van der Waals surface area contributed by atoms with Crippen molar-refractivity contribution in [3.05, 3.63) is 43.6 Å². The fraction of sp³-hybridized carbons (Fsp3) is 0.421. The SMILES string of the molecule is CCc1nn2c(=O)cc(CSc3nnc(-c4cc5c(s4)CC[C@H](C)C5)o3)nc2s1. The Morgan fingerprint density at radius 1 is 1.31 bits per heavy atom. The number of rotatable bonds is 5. The van der Waals surface area contributed by atoms with E-state index in [-0.39, 0.29) is 5.56 Å². The first-order chi connectivity index (χ1) is 14.1. The van der Waals surface area contributed by atoms with Crippen LogP contribution in [0.25, 0.3) is 15.7 Å². The van der Waals surface area contributed by atoms with E-state index in [0.29, 0.717) is 27.5 Å². The minimum Gasteiger partial charge on any atom is -0.410 e. The summed E-state index contributed by atoms with van der Waals surface area (Å²) in [5, 5.41) is 14.0. The minimum absolute atomic E-state index is 0.161. The fourth-order valence-corrected chi connectivity index (χ4v) is 6.07. The zero-order valence-electron chi connectivity index (χ0n) is 16.0. The number of aromatic nitrogens is 5. The lowest BCUT2D eigenvalue weighted by atomic mass is 9.90. The van der Waals surface area contributed by atoms with Crippen LogP contribution in [0.15, 0.2) is 26.6 Å². The van der Waals surface area contributed by atoms with Crippen LogP contribution in [0.4, 0.5) is 0 Å². The zero-order chi connectivity index (χ0) is 20.0. The third-order valence-electron chi connectivity index (χ3n) is 4.93. The van der Waals surface area contributed by atoms with E-state index in [1.54, 1.807) is 11.3 Å². The maximum absolute atomic E-state index is 12.3. The van der Waals surface area contributed by atoms with Crippen molar-refractivity contribution in [2.45, 2.75) is 50.5 Å². The number of hydrogen-bond acceptors (Lipinski definition) is 9. The Morgan fingerprint density at radius 3 is 3.07 bits per heavy atom. The number of hydrogen-bond donors (Lipinski definition) is 0. The number of thioether (sulfide) groups is 1. The van der Waals surface area contributed by atoms with Gasteiger partial charge in [0, 0.05) is 16.7 Å². The predicted molar refractivity (Wildman–Crippen MR) is 115 cm³/mol. The zero-order valence-corrected chi connectivity index (χ0v) is 18.5. The molecular formula is C19H19N5O2S3. The Morgan fingerprint density at radius 2 is 2.21 bits per heavy atom. The van der Waals surface area contributed by atoms with Gasteiger partial charge in [0.05, 0.1) is 10.6 Å². The van der Waals surface area contributed by atoms with Gasteiger partial charge < -0.3 is 4.42 Å². The van der Waals surface area contributed by atoms with Gasteiger partial charge in [0.2, 0.25) is 4.96 Å². The number of aryl methyl sites for hydroxylation is 2. The summed E-state index contributed by atoms with van der Waals surface area (Å²) in [6, 6.07) is 3.72. The molecule has 0 amide bonds. The molecule has 10 heteroatoms. The Kier molecular flexibility index (Phi) is 5.00. The van der Waals surface area contributed by atoms with Crippen molar-refractivity contribution in [1.29, 1.82) is 0 Å². The Bertz CT molecular complexity index is 1240. The molecule has 29 heavy (non-hydrogen) atoms. The van der Waals surface area contributed by atoms with Crippen LogP contribution in [-0.4, -0.2) is 24.8 Å². The van der Waals surface area contributed by atoms with Crippen LogP contribution in [0, 0.1) is 5.92 Å². The lowest BCUT2D eigenvalue weighted by Gasteiger charge is -2.16. The van der Waals surface area contributed by atoms with Crippen molar-refractivity contribution in [3.8, 4) is 10.8 Å². The van der Waals surface area contributed by atoms with Gasteiger partial charge in [-0.2, -0.15) is 9.61 Å². The van der Waals surface area contributed by atoms with Crippen LogP contribution in [-0.2, 0) is 25.0 Å².